The van der Waals surface area contributed by atoms with Gasteiger partial charge in [-0.05, 0) is 56.0 Å². The first-order chi connectivity index (χ1) is 13.9. The second-order valence-corrected chi connectivity index (χ2v) is 9.41. The van der Waals surface area contributed by atoms with E-state index in [4.69, 9.17) is 0 Å². The van der Waals surface area contributed by atoms with Crippen molar-refractivity contribution in [3.63, 3.8) is 0 Å². The third-order valence-electron chi connectivity index (χ3n) is 5.28. The number of carbonyl (C=O) groups excluding carboxylic acids is 1. The van der Waals surface area contributed by atoms with Crippen LogP contribution in [0.3, 0.4) is 0 Å². The third kappa shape index (κ3) is 5.64. The topological polar surface area (TPSA) is 66.5 Å². The van der Waals surface area contributed by atoms with E-state index in [2.05, 4.69) is 5.32 Å². The highest BCUT2D eigenvalue weighted by atomic mass is 32.2. The van der Waals surface area contributed by atoms with Crippen molar-refractivity contribution in [1.82, 2.24) is 9.62 Å². The van der Waals surface area contributed by atoms with E-state index in [9.17, 15) is 17.6 Å². The normalized spacial score (nSPS) is 17.8. The maximum absolute atomic E-state index is 13.1. The Morgan fingerprint density at radius 2 is 1.79 bits per heavy atom. The van der Waals surface area contributed by atoms with Gasteiger partial charge in [0.05, 0.1) is 11.3 Å². The number of nitrogens with one attached hydrogen (secondary N) is 1. The van der Waals surface area contributed by atoms with E-state index in [0.717, 1.165) is 30.4 Å². The van der Waals surface area contributed by atoms with Crippen molar-refractivity contribution in [3.8, 4) is 0 Å². The molecule has 7 heteroatoms. The van der Waals surface area contributed by atoms with Crippen LogP contribution < -0.4 is 5.32 Å². The Hall–Kier alpha value is -2.25. The van der Waals surface area contributed by atoms with Gasteiger partial charge in [-0.15, -0.1) is 0 Å². The van der Waals surface area contributed by atoms with Crippen LogP contribution in [0.25, 0.3) is 0 Å². The molecule has 29 heavy (non-hydrogen) atoms. The molecular formula is C22H27FN2O3S. The van der Waals surface area contributed by atoms with E-state index < -0.39 is 10.0 Å². The number of benzene rings is 2. The van der Waals surface area contributed by atoms with Crippen LogP contribution in [-0.2, 0) is 21.2 Å². The second kappa shape index (κ2) is 9.50. The van der Waals surface area contributed by atoms with Crippen LogP contribution in [-0.4, -0.2) is 37.8 Å². The van der Waals surface area contributed by atoms with E-state index >= 15 is 0 Å². The van der Waals surface area contributed by atoms with Crippen molar-refractivity contribution in [2.24, 2.45) is 0 Å². The summed E-state index contributed by atoms with van der Waals surface area (Å²) in [4.78, 5) is 12.4. The zero-order chi connectivity index (χ0) is 20.9. The summed E-state index contributed by atoms with van der Waals surface area (Å²) >= 11 is 0. The van der Waals surface area contributed by atoms with E-state index in [1.165, 1.54) is 12.1 Å². The fraction of sp³-hybridized carbons (Fsp3) is 0.409. The van der Waals surface area contributed by atoms with Gasteiger partial charge in [0.2, 0.25) is 15.9 Å². The van der Waals surface area contributed by atoms with Gasteiger partial charge >= 0.3 is 0 Å². The van der Waals surface area contributed by atoms with Crippen molar-refractivity contribution in [2.75, 3.05) is 13.1 Å². The Kier molecular flexibility index (Phi) is 7.03. The van der Waals surface area contributed by atoms with Crippen LogP contribution in [0.2, 0.25) is 0 Å². The molecule has 2 aromatic rings. The monoisotopic (exact) mass is 418 g/mol. The molecule has 1 N–H and O–H groups in total. The summed E-state index contributed by atoms with van der Waals surface area (Å²) in [5, 5.41) is 2.86. The van der Waals surface area contributed by atoms with Crippen molar-refractivity contribution >= 4 is 15.9 Å². The quantitative estimate of drug-likeness (QED) is 0.749. The highest BCUT2D eigenvalue weighted by Crippen LogP contribution is 2.27. The van der Waals surface area contributed by atoms with Gasteiger partial charge in [0.1, 0.15) is 5.82 Å². The minimum atomic E-state index is -3.55. The Balaban J connectivity index is 1.57. The molecule has 3 rings (SSSR count). The molecule has 1 aliphatic rings. The molecule has 1 fully saturated rings. The lowest BCUT2D eigenvalue weighted by atomic mass is 10.0. The van der Waals surface area contributed by atoms with Gasteiger partial charge in [-0.2, -0.15) is 4.31 Å². The van der Waals surface area contributed by atoms with E-state index in [0.29, 0.717) is 24.4 Å². The molecule has 5 nitrogen and oxygen atoms in total. The number of rotatable bonds is 7. The second-order valence-electron chi connectivity index (χ2n) is 7.52. The first-order valence-corrected chi connectivity index (χ1v) is 11.4. The standard InChI is InChI=1S/C22H27FN2O3S/c1-17-5-11-21(12-6-17)29(27,28)25-15-3-2-4-20(25)13-14-24-22(26)16-18-7-9-19(23)10-8-18/h5-12,20H,2-4,13-16H2,1H3,(H,24,26). The summed E-state index contributed by atoms with van der Waals surface area (Å²) in [6.07, 6.45) is 3.36. The van der Waals surface area contributed by atoms with Crippen LogP contribution in [0.5, 0.6) is 0 Å². The molecule has 1 heterocycles. The number of sulfonamides is 1. The van der Waals surface area contributed by atoms with Crippen LogP contribution >= 0.6 is 0 Å². The van der Waals surface area contributed by atoms with Gasteiger partial charge in [0.25, 0.3) is 0 Å². The SMILES string of the molecule is Cc1ccc(S(=O)(=O)N2CCCCC2CCNC(=O)Cc2ccc(F)cc2)cc1. The van der Waals surface area contributed by atoms with Crippen LogP contribution in [0.1, 0.15) is 36.8 Å². The molecule has 1 atom stereocenters. The molecule has 0 aliphatic carbocycles. The average Bonchev–Trinajstić information content (AvgIpc) is 2.70. The lowest BCUT2D eigenvalue weighted by Crippen LogP contribution is -2.45. The summed E-state index contributed by atoms with van der Waals surface area (Å²) < 4.78 is 40.7. The molecule has 0 bridgehead atoms. The average molecular weight is 419 g/mol. The Morgan fingerprint density at radius 1 is 1.10 bits per heavy atom. The Labute approximate surface area is 172 Å². The summed E-state index contributed by atoms with van der Waals surface area (Å²) in [5.41, 5.74) is 1.76. The van der Waals surface area contributed by atoms with E-state index in [1.807, 2.05) is 19.1 Å². The fourth-order valence-corrected chi connectivity index (χ4v) is 5.38. The molecule has 1 unspecified atom stereocenters. The number of hydrogen-bond donors (Lipinski definition) is 1. The van der Waals surface area contributed by atoms with E-state index in [1.54, 1.807) is 28.6 Å². The number of nitrogens with zero attached hydrogens (tertiary/aromatic N) is 1. The highest BCUT2D eigenvalue weighted by molar-refractivity contribution is 7.89. The lowest BCUT2D eigenvalue weighted by molar-refractivity contribution is -0.120. The van der Waals surface area contributed by atoms with Crippen molar-refractivity contribution in [3.05, 3.63) is 65.5 Å². The molecule has 0 spiro atoms. The predicted octanol–water partition coefficient (Wildman–Crippen LogP) is 3.43. The predicted molar refractivity (Wildman–Crippen MR) is 110 cm³/mol. The minimum Gasteiger partial charge on any atom is -0.356 e. The summed E-state index contributed by atoms with van der Waals surface area (Å²) in [6, 6.07) is 12.6. The van der Waals surface area contributed by atoms with Gasteiger partial charge in [-0.3, -0.25) is 4.79 Å². The molecule has 1 saturated heterocycles. The van der Waals surface area contributed by atoms with E-state index in [-0.39, 0.29) is 24.2 Å². The number of carbonyl (C=O) groups is 1. The highest BCUT2D eigenvalue weighted by Gasteiger charge is 2.33. The van der Waals surface area contributed by atoms with Gasteiger partial charge < -0.3 is 5.32 Å². The van der Waals surface area contributed by atoms with Crippen LogP contribution in [0, 0.1) is 12.7 Å². The number of halogens is 1. The van der Waals surface area contributed by atoms with Gasteiger partial charge in [-0.1, -0.05) is 36.2 Å². The maximum atomic E-state index is 13.1. The first-order valence-electron chi connectivity index (χ1n) is 9.96. The third-order valence-corrected chi connectivity index (χ3v) is 7.24. The van der Waals surface area contributed by atoms with Crippen molar-refractivity contribution in [1.29, 1.82) is 0 Å². The summed E-state index contributed by atoms with van der Waals surface area (Å²) in [5.74, 6) is -0.485. The Morgan fingerprint density at radius 3 is 2.48 bits per heavy atom. The molecule has 0 aromatic heterocycles. The molecule has 1 aliphatic heterocycles. The van der Waals surface area contributed by atoms with Gasteiger partial charge in [-0.25, -0.2) is 12.8 Å². The number of aryl methyl sites for hydroxylation is 1. The maximum Gasteiger partial charge on any atom is 0.243 e. The Bertz CT molecular complexity index is 928. The first kappa shape index (κ1) is 21.5. The van der Waals surface area contributed by atoms with Crippen molar-refractivity contribution < 1.29 is 17.6 Å². The molecule has 2 aromatic carbocycles. The fourth-order valence-electron chi connectivity index (χ4n) is 3.65. The summed E-state index contributed by atoms with van der Waals surface area (Å²) in [6.45, 7) is 2.84. The number of piperidine rings is 1. The molecule has 0 radical (unpaired) electrons. The molecule has 156 valence electrons. The van der Waals surface area contributed by atoms with Crippen LogP contribution in [0.15, 0.2) is 53.4 Å². The van der Waals surface area contributed by atoms with Crippen molar-refractivity contribution in [2.45, 2.75) is 50.0 Å². The zero-order valence-electron chi connectivity index (χ0n) is 16.6. The largest absolute Gasteiger partial charge is 0.356 e. The zero-order valence-corrected chi connectivity index (χ0v) is 17.4. The lowest BCUT2D eigenvalue weighted by Gasteiger charge is -2.34. The smallest absolute Gasteiger partial charge is 0.243 e. The summed E-state index contributed by atoms with van der Waals surface area (Å²) in [7, 11) is -3.55. The number of hydrogen-bond acceptors (Lipinski definition) is 3. The van der Waals surface area contributed by atoms with Gasteiger partial charge in [0.15, 0.2) is 0 Å². The number of amides is 1. The van der Waals surface area contributed by atoms with Crippen LogP contribution in [0.4, 0.5) is 4.39 Å². The minimum absolute atomic E-state index is 0.124. The van der Waals surface area contributed by atoms with Gasteiger partial charge in [0, 0.05) is 19.1 Å². The molecule has 0 saturated carbocycles. The molecular weight excluding hydrogens is 391 g/mol. The molecule has 1 amide bonds.